The first kappa shape index (κ1) is 15.2. The zero-order valence-electron chi connectivity index (χ0n) is 12.6. The summed E-state index contributed by atoms with van der Waals surface area (Å²) in [5.41, 5.74) is 0.0217. The normalized spacial score (nSPS) is 13.7. The smallest absolute Gasteiger partial charge is 0.138 e. The number of hydrogen-bond donors (Lipinski definition) is 2. The maximum atomic E-state index is 9.55. The number of fused-ring (bicyclic) bond motifs is 1. The van der Waals surface area contributed by atoms with Crippen LogP contribution in [0.25, 0.3) is 10.2 Å². The molecule has 0 aliphatic rings. The summed E-state index contributed by atoms with van der Waals surface area (Å²) in [4.78, 5) is 10.2. The molecule has 0 saturated heterocycles. The largest absolute Gasteiger partial charge is 0.393 e. The minimum absolute atomic E-state index is 0.0217. The van der Waals surface area contributed by atoms with Crippen LogP contribution in [-0.2, 0) is 6.42 Å². The Morgan fingerprint density at radius 3 is 2.80 bits per heavy atom. The topological polar surface area (TPSA) is 58.0 Å². The Morgan fingerprint density at radius 1 is 1.40 bits per heavy atom. The molecular formula is C15H23N3OS. The number of nitrogens with one attached hydrogen (secondary N) is 1. The third-order valence-corrected chi connectivity index (χ3v) is 4.08. The molecule has 0 bridgehead atoms. The number of aliphatic hydroxyl groups is 1. The fourth-order valence-corrected chi connectivity index (χ4v) is 3.17. The summed E-state index contributed by atoms with van der Waals surface area (Å²) in [6.07, 6.45) is 1.31. The van der Waals surface area contributed by atoms with Gasteiger partial charge in [0.15, 0.2) is 0 Å². The van der Waals surface area contributed by atoms with E-state index < -0.39 is 0 Å². The Balaban J connectivity index is 2.18. The van der Waals surface area contributed by atoms with Crippen molar-refractivity contribution in [2.24, 2.45) is 5.41 Å². The van der Waals surface area contributed by atoms with E-state index >= 15 is 0 Å². The predicted molar refractivity (Wildman–Crippen MR) is 85.4 cm³/mol. The van der Waals surface area contributed by atoms with Crippen LogP contribution >= 0.6 is 11.3 Å². The van der Waals surface area contributed by atoms with Crippen molar-refractivity contribution in [2.75, 3.05) is 11.9 Å². The Morgan fingerprint density at radius 2 is 2.15 bits per heavy atom. The lowest BCUT2D eigenvalue weighted by atomic mass is 9.87. The van der Waals surface area contributed by atoms with Crippen molar-refractivity contribution in [1.82, 2.24) is 9.97 Å². The summed E-state index contributed by atoms with van der Waals surface area (Å²) < 4.78 is 0. The van der Waals surface area contributed by atoms with E-state index in [4.69, 9.17) is 0 Å². The van der Waals surface area contributed by atoms with Gasteiger partial charge in [-0.25, -0.2) is 9.97 Å². The molecule has 2 aromatic rings. The monoisotopic (exact) mass is 293 g/mol. The van der Waals surface area contributed by atoms with Crippen LogP contribution < -0.4 is 5.32 Å². The molecule has 0 radical (unpaired) electrons. The van der Waals surface area contributed by atoms with E-state index in [1.54, 1.807) is 11.3 Å². The fourth-order valence-electron chi connectivity index (χ4n) is 2.39. The molecule has 0 saturated carbocycles. The molecule has 2 aromatic heterocycles. The van der Waals surface area contributed by atoms with E-state index in [0.29, 0.717) is 0 Å². The number of aromatic nitrogens is 2. The summed E-state index contributed by atoms with van der Waals surface area (Å²) >= 11 is 1.64. The number of nitrogens with zero attached hydrogens (tertiary/aromatic N) is 2. The molecule has 2 heterocycles. The maximum absolute atomic E-state index is 9.55. The molecule has 2 rings (SSSR count). The van der Waals surface area contributed by atoms with Gasteiger partial charge in [-0.15, -0.1) is 11.3 Å². The van der Waals surface area contributed by atoms with Crippen LogP contribution in [0, 0.1) is 5.41 Å². The van der Waals surface area contributed by atoms with Crippen LogP contribution in [0.1, 0.15) is 39.9 Å². The molecule has 20 heavy (non-hydrogen) atoms. The highest BCUT2D eigenvalue weighted by Crippen LogP contribution is 2.28. The Bertz CT molecular complexity index is 578. The first-order valence-electron chi connectivity index (χ1n) is 7.07. The van der Waals surface area contributed by atoms with Crippen LogP contribution in [0.2, 0.25) is 0 Å². The van der Waals surface area contributed by atoms with Gasteiger partial charge in [-0.1, -0.05) is 20.8 Å². The Kier molecular flexibility index (Phi) is 4.60. The Hall–Kier alpha value is -1.20. The molecule has 1 atom stereocenters. The first-order valence-corrected chi connectivity index (χ1v) is 7.95. The number of thiophene rings is 1. The van der Waals surface area contributed by atoms with E-state index in [1.165, 1.54) is 0 Å². The molecule has 0 aromatic carbocycles. The van der Waals surface area contributed by atoms with Crippen molar-refractivity contribution in [3.8, 4) is 0 Å². The van der Waals surface area contributed by atoms with Gasteiger partial charge in [0.1, 0.15) is 16.5 Å². The standard InChI is InChI=1S/C15H23N3OS/c1-5-12-17-13(11-6-7-20-14(11)18-12)16-9-15(3,4)8-10(2)19/h6-7,10,19H,5,8-9H2,1-4H3,(H,16,17,18). The number of aryl methyl sites for hydroxylation is 1. The third kappa shape index (κ3) is 3.67. The van der Waals surface area contributed by atoms with Gasteiger partial charge in [0, 0.05) is 13.0 Å². The summed E-state index contributed by atoms with van der Waals surface area (Å²) in [6.45, 7) is 8.98. The van der Waals surface area contributed by atoms with Crippen molar-refractivity contribution >= 4 is 27.4 Å². The van der Waals surface area contributed by atoms with E-state index in [1.807, 2.05) is 12.3 Å². The van der Waals surface area contributed by atoms with E-state index in [2.05, 4.69) is 42.1 Å². The highest BCUT2D eigenvalue weighted by molar-refractivity contribution is 7.16. The average molecular weight is 293 g/mol. The maximum Gasteiger partial charge on any atom is 0.138 e. The molecule has 4 nitrogen and oxygen atoms in total. The second-order valence-electron chi connectivity index (χ2n) is 6.05. The molecule has 0 fully saturated rings. The SMILES string of the molecule is CCc1nc(NCC(C)(C)CC(C)O)c2ccsc2n1. The van der Waals surface area contributed by atoms with Gasteiger partial charge >= 0.3 is 0 Å². The second kappa shape index (κ2) is 6.06. The molecule has 0 aliphatic heterocycles. The van der Waals surface area contributed by atoms with E-state index in [-0.39, 0.29) is 11.5 Å². The van der Waals surface area contributed by atoms with Crippen LogP contribution in [0.5, 0.6) is 0 Å². The molecule has 0 amide bonds. The van der Waals surface area contributed by atoms with Crippen LogP contribution in [0.3, 0.4) is 0 Å². The van der Waals surface area contributed by atoms with Crippen LogP contribution in [0.4, 0.5) is 5.82 Å². The van der Waals surface area contributed by atoms with Gasteiger partial charge in [0.05, 0.1) is 11.5 Å². The first-order chi connectivity index (χ1) is 9.41. The summed E-state index contributed by atoms with van der Waals surface area (Å²) in [6, 6.07) is 2.06. The predicted octanol–water partition coefficient (Wildman–Crippen LogP) is 3.46. The molecule has 0 spiro atoms. The second-order valence-corrected chi connectivity index (χ2v) is 6.95. The van der Waals surface area contributed by atoms with Gasteiger partial charge in [-0.2, -0.15) is 0 Å². The fraction of sp³-hybridized carbons (Fsp3) is 0.600. The molecule has 2 N–H and O–H groups in total. The number of anilines is 1. The van der Waals surface area contributed by atoms with Crippen molar-refractivity contribution in [2.45, 2.75) is 46.6 Å². The van der Waals surface area contributed by atoms with Crippen LogP contribution in [0.15, 0.2) is 11.4 Å². The number of hydrogen-bond acceptors (Lipinski definition) is 5. The van der Waals surface area contributed by atoms with Crippen molar-refractivity contribution in [1.29, 1.82) is 0 Å². The summed E-state index contributed by atoms with van der Waals surface area (Å²) in [5, 5.41) is 16.1. The average Bonchev–Trinajstić information content (AvgIpc) is 2.82. The number of aliphatic hydroxyl groups excluding tert-OH is 1. The Labute approximate surface area is 124 Å². The highest BCUT2D eigenvalue weighted by Gasteiger charge is 2.21. The van der Waals surface area contributed by atoms with Crippen molar-refractivity contribution in [3.63, 3.8) is 0 Å². The summed E-state index contributed by atoms with van der Waals surface area (Å²) in [5.74, 6) is 1.78. The minimum Gasteiger partial charge on any atom is -0.393 e. The lowest BCUT2D eigenvalue weighted by molar-refractivity contribution is 0.135. The number of rotatable bonds is 6. The zero-order chi connectivity index (χ0) is 14.8. The van der Waals surface area contributed by atoms with Crippen LogP contribution in [-0.4, -0.2) is 27.7 Å². The highest BCUT2D eigenvalue weighted by atomic mass is 32.1. The minimum atomic E-state index is -0.287. The van der Waals surface area contributed by atoms with Gasteiger partial charge in [-0.05, 0) is 30.2 Å². The third-order valence-electron chi connectivity index (χ3n) is 3.27. The quantitative estimate of drug-likeness (QED) is 0.856. The zero-order valence-corrected chi connectivity index (χ0v) is 13.4. The van der Waals surface area contributed by atoms with Gasteiger partial charge < -0.3 is 10.4 Å². The molecule has 0 aliphatic carbocycles. The molecule has 110 valence electrons. The molecule has 5 heteroatoms. The lowest BCUT2D eigenvalue weighted by Gasteiger charge is -2.26. The van der Waals surface area contributed by atoms with Gasteiger partial charge in [0.25, 0.3) is 0 Å². The lowest BCUT2D eigenvalue weighted by Crippen LogP contribution is -2.27. The van der Waals surface area contributed by atoms with Crippen molar-refractivity contribution in [3.05, 3.63) is 17.3 Å². The van der Waals surface area contributed by atoms with E-state index in [9.17, 15) is 5.11 Å². The van der Waals surface area contributed by atoms with Crippen molar-refractivity contribution < 1.29 is 5.11 Å². The summed E-state index contributed by atoms with van der Waals surface area (Å²) in [7, 11) is 0. The van der Waals surface area contributed by atoms with E-state index in [0.717, 1.165) is 41.2 Å². The molecule has 1 unspecified atom stereocenters. The van der Waals surface area contributed by atoms with Gasteiger partial charge in [-0.3, -0.25) is 0 Å². The molecular weight excluding hydrogens is 270 g/mol. The van der Waals surface area contributed by atoms with Gasteiger partial charge in [0.2, 0.25) is 0 Å².